The first-order chi connectivity index (χ1) is 16.3. The summed E-state index contributed by atoms with van der Waals surface area (Å²) in [5.41, 5.74) is 0. The summed E-state index contributed by atoms with van der Waals surface area (Å²) in [5, 5.41) is 0. The van der Waals surface area contributed by atoms with E-state index in [0.717, 1.165) is 25.7 Å². The second-order valence-corrected chi connectivity index (χ2v) is 7.74. The molecule has 0 aromatic carbocycles. The van der Waals surface area contributed by atoms with E-state index in [1.165, 1.54) is 13.8 Å². The summed E-state index contributed by atoms with van der Waals surface area (Å²) in [6, 6.07) is 0. The maximum absolute atomic E-state index is 11.9. The molecule has 34 heavy (non-hydrogen) atoms. The lowest BCUT2D eigenvalue weighted by atomic mass is 10.2. The van der Waals surface area contributed by atoms with Crippen molar-refractivity contribution in [3.05, 3.63) is 0 Å². The van der Waals surface area contributed by atoms with Crippen molar-refractivity contribution in [2.45, 2.75) is 91.3 Å². The van der Waals surface area contributed by atoms with Gasteiger partial charge in [0.25, 0.3) is 0 Å². The Morgan fingerprint density at radius 2 is 0.941 bits per heavy atom. The summed E-state index contributed by atoms with van der Waals surface area (Å²) in [6.45, 7) is 9.01. The fourth-order valence-corrected chi connectivity index (χ4v) is 2.48. The predicted molar refractivity (Wildman–Crippen MR) is 123 cm³/mol. The maximum Gasteiger partial charge on any atom is 0.347 e. The fraction of sp³-hybridized carbons (Fsp3) is 0.833. The predicted octanol–water partition coefficient (Wildman–Crippen LogP) is 3.13. The van der Waals surface area contributed by atoms with E-state index in [9.17, 15) is 19.2 Å². The molecule has 10 heteroatoms. The van der Waals surface area contributed by atoms with E-state index in [0.29, 0.717) is 39.3 Å². The molecule has 0 aromatic rings. The van der Waals surface area contributed by atoms with Crippen molar-refractivity contribution in [3.63, 3.8) is 0 Å². The summed E-state index contributed by atoms with van der Waals surface area (Å²) in [7, 11) is 0. The molecule has 0 heterocycles. The van der Waals surface area contributed by atoms with Crippen LogP contribution in [0.5, 0.6) is 0 Å². The van der Waals surface area contributed by atoms with Crippen molar-refractivity contribution < 1.29 is 47.6 Å². The minimum absolute atomic E-state index is 0.0423. The van der Waals surface area contributed by atoms with Crippen LogP contribution >= 0.6 is 0 Å². The highest BCUT2D eigenvalue weighted by molar-refractivity contribution is 5.79. The van der Waals surface area contributed by atoms with Crippen LogP contribution in [0.3, 0.4) is 0 Å². The minimum Gasteiger partial charge on any atom is -0.461 e. The number of hydrogen-bond donors (Lipinski definition) is 0. The summed E-state index contributed by atoms with van der Waals surface area (Å²) < 4.78 is 30.6. The van der Waals surface area contributed by atoms with Crippen LogP contribution in [0.4, 0.5) is 0 Å². The van der Waals surface area contributed by atoms with Crippen molar-refractivity contribution in [1.29, 1.82) is 0 Å². The Morgan fingerprint density at radius 3 is 1.29 bits per heavy atom. The summed E-state index contributed by atoms with van der Waals surface area (Å²) >= 11 is 0. The van der Waals surface area contributed by atoms with Crippen LogP contribution in [0.2, 0.25) is 0 Å². The molecular weight excluding hydrogens is 448 g/mol. The first-order valence-corrected chi connectivity index (χ1v) is 12.2. The largest absolute Gasteiger partial charge is 0.461 e. The monoisotopic (exact) mass is 490 g/mol. The maximum atomic E-state index is 11.9. The standard InChI is InChI=1S/C24H42O10/c1-5-7-13-29-15-17-31-23(27)19(3)33-21(25)11-9-10-12-22(26)34-20(4)24(28)32-18-16-30-14-8-6-2/h19-20H,5-18H2,1-4H3. The Labute approximate surface area is 202 Å². The Morgan fingerprint density at radius 1 is 0.559 bits per heavy atom. The van der Waals surface area contributed by atoms with Crippen LogP contribution in [0.25, 0.3) is 0 Å². The number of hydrogen-bond acceptors (Lipinski definition) is 10. The molecule has 2 atom stereocenters. The first-order valence-electron chi connectivity index (χ1n) is 12.2. The van der Waals surface area contributed by atoms with E-state index in [2.05, 4.69) is 13.8 Å². The van der Waals surface area contributed by atoms with E-state index in [1.807, 2.05) is 0 Å². The van der Waals surface area contributed by atoms with E-state index in [-0.39, 0.29) is 26.1 Å². The van der Waals surface area contributed by atoms with Gasteiger partial charge in [-0.15, -0.1) is 0 Å². The second kappa shape index (κ2) is 21.3. The Hall–Kier alpha value is -2.20. The van der Waals surface area contributed by atoms with Gasteiger partial charge < -0.3 is 28.4 Å². The molecule has 0 saturated carbocycles. The van der Waals surface area contributed by atoms with E-state index < -0.39 is 36.1 Å². The Kier molecular flexibility index (Phi) is 20.0. The minimum atomic E-state index is -1.02. The molecule has 0 rings (SSSR count). The van der Waals surface area contributed by atoms with Crippen molar-refractivity contribution in [1.82, 2.24) is 0 Å². The third-order valence-corrected chi connectivity index (χ3v) is 4.52. The van der Waals surface area contributed by atoms with Crippen molar-refractivity contribution in [3.8, 4) is 0 Å². The van der Waals surface area contributed by atoms with Crippen LogP contribution in [-0.2, 0) is 47.6 Å². The van der Waals surface area contributed by atoms with Gasteiger partial charge in [0, 0.05) is 26.1 Å². The summed E-state index contributed by atoms with van der Waals surface area (Å²) in [6.07, 6.45) is 2.73. The number of rotatable bonds is 21. The lowest BCUT2D eigenvalue weighted by Gasteiger charge is -2.13. The Bertz CT molecular complexity index is 528. The average Bonchev–Trinajstić information content (AvgIpc) is 2.80. The summed E-state index contributed by atoms with van der Waals surface area (Å²) in [5.74, 6) is -2.39. The molecule has 0 aliphatic rings. The SMILES string of the molecule is CCCCOCCOC(=O)C(C)OC(=O)CCCCC(=O)OC(C)C(=O)OCCOCCCC. The number of carbonyl (C=O) groups is 4. The molecule has 10 nitrogen and oxygen atoms in total. The molecule has 0 amide bonds. The van der Waals surface area contributed by atoms with Gasteiger partial charge in [0.05, 0.1) is 13.2 Å². The van der Waals surface area contributed by atoms with Gasteiger partial charge in [-0.3, -0.25) is 9.59 Å². The number of carbonyl (C=O) groups excluding carboxylic acids is 4. The third kappa shape index (κ3) is 18.3. The van der Waals surface area contributed by atoms with E-state index in [4.69, 9.17) is 28.4 Å². The fourth-order valence-electron chi connectivity index (χ4n) is 2.48. The zero-order valence-electron chi connectivity index (χ0n) is 21.1. The molecule has 0 N–H and O–H groups in total. The molecule has 2 unspecified atom stereocenters. The Balaban J connectivity index is 3.84. The zero-order chi connectivity index (χ0) is 25.6. The van der Waals surface area contributed by atoms with E-state index >= 15 is 0 Å². The highest BCUT2D eigenvalue weighted by Gasteiger charge is 2.20. The highest BCUT2D eigenvalue weighted by atomic mass is 16.6. The van der Waals surface area contributed by atoms with E-state index in [1.54, 1.807) is 0 Å². The molecule has 0 spiro atoms. The molecule has 0 fully saturated rings. The van der Waals surface area contributed by atoms with Gasteiger partial charge in [0.1, 0.15) is 13.2 Å². The number of unbranched alkanes of at least 4 members (excludes halogenated alkanes) is 3. The first kappa shape index (κ1) is 31.8. The van der Waals surface area contributed by atoms with Gasteiger partial charge in [-0.05, 0) is 39.5 Å². The van der Waals surface area contributed by atoms with Gasteiger partial charge in [-0.25, -0.2) is 9.59 Å². The molecule has 0 aliphatic carbocycles. The summed E-state index contributed by atoms with van der Waals surface area (Å²) in [4.78, 5) is 47.3. The molecule has 0 radical (unpaired) electrons. The topological polar surface area (TPSA) is 124 Å². The molecule has 0 aliphatic heterocycles. The van der Waals surface area contributed by atoms with Gasteiger partial charge >= 0.3 is 23.9 Å². The van der Waals surface area contributed by atoms with Gasteiger partial charge in [-0.2, -0.15) is 0 Å². The normalized spacial score (nSPS) is 12.5. The molecule has 0 saturated heterocycles. The quantitative estimate of drug-likeness (QED) is 0.135. The lowest BCUT2D eigenvalue weighted by molar-refractivity contribution is -0.168. The van der Waals surface area contributed by atoms with Crippen LogP contribution < -0.4 is 0 Å². The smallest absolute Gasteiger partial charge is 0.347 e. The highest BCUT2D eigenvalue weighted by Crippen LogP contribution is 2.07. The number of esters is 4. The van der Waals surface area contributed by atoms with Crippen LogP contribution in [-0.4, -0.2) is 75.7 Å². The van der Waals surface area contributed by atoms with Crippen LogP contribution in [0.15, 0.2) is 0 Å². The van der Waals surface area contributed by atoms with Gasteiger partial charge in [0.2, 0.25) is 0 Å². The average molecular weight is 491 g/mol. The van der Waals surface area contributed by atoms with Crippen molar-refractivity contribution in [2.24, 2.45) is 0 Å². The van der Waals surface area contributed by atoms with Gasteiger partial charge in [-0.1, -0.05) is 26.7 Å². The number of ether oxygens (including phenoxy) is 6. The molecule has 0 aromatic heterocycles. The molecule has 0 bridgehead atoms. The van der Waals surface area contributed by atoms with Crippen LogP contribution in [0, 0.1) is 0 Å². The van der Waals surface area contributed by atoms with Crippen molar-refractivity contribution >= 4 is 23.9 Å². The molecular formula is C24H42O10. The zero-order valence-corrected chi connectivity index (χ0v) is 21.1. The molecule has 198 valence electrons. The van der Waals surface area contributed by atoms with Crippen LogP contribution in [0.1, 0.15) is 79.1 Å². The van der Waals surface area contributed by atoms with Crippen molar-refractivity contribution in [2.75, 3.05) is 39.6 Å². The van der Waals surface area contributed by atoms with Gasteiger partial charge in [0.15, 0.2) is 12.2 Å². The third-order valence-electron chi connectivity index (χ3n) is 4.52. The lowest BCUT2D eigenvalue weighted by Crippen LogP contribution is -2.27. The second-order valence-electron chi connectivity index (χ2n) is 7.74.